The summed E-state index contributed by atoms with van der Waals surface area (Å²) in [6.45, 7) is 2.21. The molecule has 1 aromatic heterocycles. The number of aliphatic imine (C=N–C) groups is 1. The summed E-state index contributed by atoms with van der Waals surface area (Å²) in [5, 5.41) is 2.64. The SMILES string of the molecule is Cc1ccc(NC(=O)CCN=C(N)N)nc1. The zero-order valence-electron chi connectivity index (χ0n) is 9.10. The third-order valence-electron chi connectivity index (χ3n) is 1.81. The second kappa shape index (κ2) is 5.69. The van der Waals surface area contributed by atoms with Gasteiger partial charge >= 0.3 is 0 Å². The van der Waals surface area contributed by atoms with Gasteiger partial charge < -0.3 is 16.8 Å². The van der Waals surface area contributed by atoms with E-state index in [1.54, 1.807) is 12.3 Å². The van der Waals surface area contributed by atoms with Crippen LogP contribution in [0.3, 0.4) is 0 Å². The molecule has 16 heavy (non-hydrogen) atoms. The number of hydrogen-bond acceptors (Lipinski definition) is 3. The van der Waals surface area contributed by atoms with E-state index < -0.39 is 0 Å². The molecule has 86 valence electrons. The van der Waals surface area contributed by atoms with Crippen LogP contribution in [0.2, 0.25) is 0 Å². The molecule has 1 rings (SSSR count). The Bertz CT molecular complexity index is 381. The molecule has 5 N–H and O–H groups in total. The van der Waals surface area contributed by atoms with Crippen molar-refractivity contribution in [3.8, 4) is 0 Å². The number of rotatable bonds is 4. The first kappa shape index (κ1) is 12.0. The molecule has 0 saturated heterocycles. The number of carbonyl (C=O) groups excluding carboxylic acids is 1. The Morgan fingerprint density at radius 1 is 1.50 bits per heavy atom. The maximum Gasteiger partial charge on any atom is 0.227 e. The maximum atomic E-state index is 11.4. The van der Waals surface area contributed by atoms with E-state index >= 15 is 0 Å². The fourth-order valence-electron chi connectivity index (χ4n) is 1.03. The highest BCUT2D eigenvalue weighted by Gasteiger charge is 2.01. The predicted octanol–water partition coefficient (Wildman–Crippen LogP) is -0.00798. The van der Waals surface area contributed by atoms with E-state index in [0.29, 0.717) is 5.82 Å². The van der Waals surface area contributed by atoms with Crippen LogP contribution in [0.25, 0.3) is 0 Å². The average molecular weight is 221 g/mol. The van der Waals surface area contributed by atoms with E-state index in [4.69, 9.17) is 11.5 Å². The molecular weight excluding hydrogens is 206 g/mol. The lowest BCUT2D eigenvalue weighted by atomic mass is 10.3. The number of amides is 1. The van der Waals surface area contributed by atoms with Crippen LogP contribution in [-0.2, 0) is 4.79 Å². The Morgan fingerprint density at radius 2 is 2.25 bits per heavy atom. The van der Waals surface area contributed by atoms with E-state index in [1.807, 2.05) is 13.0 Å². The second-order valence-corrected chi connectivity index (χ2v) is 3.33. The number of nitrogens with zero attached hydrogens (tertiary/aromatic N) is 2. The monoisotopic (exact) mass is 221 g/mol. The molecule has 0 aliphatic carbocycles. The lowest BCUT2D eigenvalue weighted by molar-refractivity contribution is -0.116. The molecule has 0 aliphatic rings. The summed E-state index contributed by atoms with van der Waals surface area (Å²) in [6.07, 6.45) is 1.92. The summed E-state index contributed by atoms with van der Waals surface area (Å²) in [7, 11) is 0. The minimum atomic E-state index is -0.165. The van der Waals surface area contributed by atoms with Gasteiger partial charge in [-0.25, -0.2) is 4.98 Å². The van der Waals surface area contributed by atoms with E-state index in [2.05, 4.69) is 15.3 Å². The lowest BCUT2D eigenvalue weighted by Crippen LogP contribution is -2.23. The zero-order valence-corrected chi connectivity index (χ0v) is 9.10. The van der Waals surface area contributed by atoms with Crippen LogP contribution in [0.1, 0.15) is 12.0 Å². The zero-order chi connectivity index (χ0) is 12.0. The maximum absolute atomic E-state index is 11.4. The van der Waals surface area contributed by atoms with Crippen molar-refractivity contribution in [2.24, 2.45) is 16.5 Å². The first-order valence-electron chi connectivity index (χ1n) is 4.86. The van der Waals surface area contributed by atoms with Gasteiger partial charge in [-0.3, -0.25) is 9.79 Å². The Balaban J connectivity index is 2.40. The number of aryl methyl sites for hydroxylation is 1. The Morgan fingerprint density at radius 3 is 2.81 bits per heavy atom. The summed E-state index contributed by atoms with van der Waals surface area (Å²) in [4.78, 5) is 19.1. The molecule has 0 atom stereocenters. The van der Waals surface area contributed by atoms with Gasteiger partial charge in [-0.1, -0.05) is 6.07 Å². The number of carbonyl (C=O) groups is 1. The Kier molecular flexibility index (Phi) is 4.26. The molecule has 0 aliphatic heterocycles. The summed E-state index contributed by atoms with van der Waals surface area (Å²) in [5.41, 5.74) is 11.3. The van der Waals surface area contributed by atoms with Crippen molar-refractivity contribution in [2.45, 2.75) is 13.3 Å². The normalized spacial score (nSPS) is 9.56. The summed E-state index contributed by atoms with van der Waals surface area (Å²) in [5.74, 6) is 0.350. The van der Waals surface area contributed by atoms with Crippen LogP contribution < -0.4 is 16.8 Å². The Hall–Kier alpha value is -2.11. The van der Waals surface area contributed by atoms with Gasteiger partial charge in [-0.15, -0.1) is 0 Å². The number of aromatic nitrogens is 1. The highest BCUT2D eigenvalue weighted by atomic mass is 16.1. The summed E-state index contributed by atoms with van der Waals surface area (Å²) < 4.78 is 0. The second-order valence-electron chi connectivity index (χ2n) is 3.33. The van der Waals surface area contributed by atoms with Crippen molar-refractivity contribution in [2.75, 3.05) is 11.9 Å². The largest absolute Gasteiger partial charge is 0.370 e. The van der Waals surface area contributed by atoms with Gasteiger partial charge in [-0.05, 0) is 18.6 Å². The van der Waals surface area contributed by atoms with Gasteiger partial charge in [0, 0.05) is 12.6 Å². The Labute approximate surface area is 93.8 Å². The number of nitrogens with two attached hydrogens (primary N) is 2. The van der Waals surface area contributed by atoms with Crippen LogP contribution in [0.4, 0.5) is 5.82 Å². The molecule has 0 bridgehead atoms. The fourth-order valence-corrected chi connectivity index (χ4v) is 1.03. The quantitative estimate of drug-likeness (QED) is 0.491. The van der Waals surface area contributed by atoms with Crippen LogP contribution in [0.15, 0.2) is 23.3 Å². The smallest absolute Gasteiger partial charge is 0.227 e. The molecule has 0 aromatic carbocycles. The number of pyridine rings is 1. The van der Waals surface area contributed by atoms with Crippen LogP contribution in [0.5, 0.6) is 0 Å². The standard InChI is InChI=1S/C10H15N5O/c1-7-2-3-8(14-6-7)15-9(16)4-5-13-10(11)12/h2-3,6H,4-5H2,1H3,(H4,11,12,13)(H,14,15,16). The highest BCUT2D eigenvalue weighted by Crippen LogP contribution is 2.03. The molecule has 0 saturated carbocycles. The van der Waals surface area contributed by atoms with Gasteiger partial charge in [0.1, 0.15) is 5.82 Å². The van der Waals surface area contributed by atoms with Gasteiger partial charge in [0.15, 0.2) is 5.96 Å². The molecule has 0 unspecified atom stereocenters. The van der Waals surface area contributed by atoms with Crippen molar-refractivity contribution >= 4 is 17.7 Å². The molecule has 6 nitrogen and oxygen atoms in total. The minimum absolute atomic E-state index is 0.0127. The van der Waals surface area contributed by atoms with E-state index in [0.717, 1.165) is 5.56 Å². The topological polar surface area (TPSA) is 106 Å². The van der Waals surface area contributed by atoms with E-state index in [9.17, 15) is 4.79 Å². The molecular formula is C10H15N5O. The van der Waals surface area contributed by atoms with Crippen LogP contribution in [-0.4, -0.2) is 23.4 Å². The minimum Gasteiger partial charge on any atom is -0.370 e. The number of anilines is 1. The molecule has 1 aromatic rings. The fraction of sp³-hybridized carbons (Fsp3) is 0.300. The predicted molar refractivity (Wildman–Crippen MR) is 62.9 cm³/mol. The van der Waals surface area contributed by atoms with E-state index in [1.165, 1.54) is 0 Å². The average Bonchev–Trinajstić information content (AvgIpc) is 2.21. The van der Waals surface area contributed by atoms with Crippen molar-refractivity contribution in [3.05, 3.63) is 23.9 Å². The van der Waals surface area contributed by atoms with Gasteiger partial charge in [0.25, 0.3) is 0 Å². The molecule has 0 spiro atoms. The summed E-state index contributed by atoms with van der Waals surface area (Å²) >= 11 is 0. The van der Waals surface area contributed by atoms with Crippen molar-refractivity contribution in [1.29, 1.82) is 0 Å². The number of nitrogens with one attached hydrogen (secondary N) is 1. The first-order valence-corrected chi connectivity index (χ1v) is 4.86. The van der Waals surface area contributed by atoms with Crippen molar-refractivity contribution in [3.63, 3.8) is 0 Å². The highest BCUT2D eigenvalue weighted by molar-refractivity contribution is 5.90. The summed E-state index contributed by atoms with van der Waals surface area (Å²) in [6, 6.07) is 3.62. The van der Waals surface area contributed by atoms with Crippen LogP contribution >= 0.6 is 0 Å². The van der Waals surface area contributed by atoms with Crippen molar-refractivity contribution in [1.82, 2.24) is 4.98 Å². The molecule has 1 amide bonds. The molecule has 6 heteroatoms. The molecule has 0 radical (unpaired) electrons. The molecule has 1 heterocycles. The number of hydrogen-bond donors (Lipinski definition) is 3. The third kappa shape index (κ3) is 4.41. The third-order valence-corrected chi connectivity index (χ3v) is 1.81. The van der Waals surface area contributed by atoms with Gasteiger partial charge in [-0.2, -0.15) is 0 Å². The van der Waals surface area contributed by atoms with Gasteiger partial charge in [0.2, 0.25) is 5.91 Å². The van der Waals surface area contributed by atoms with Crippen molar-refractivity contribution < 1.29 is 4.79 Å². The number of guanidine groups is 1. The lowest BCUT2D eigenvalue weighted by Gasteiger charge is -2.03. The molecule has 0 fully saturated rings. The van der Waals surface area contributed by atoms with Gasteiger partial charge in [0.05, 0.1) is 6.54 Å². The van der Waals surface area contributed by atoms with Crippen LogP contribution in [0, 0.1) is 6.92 Å². The first-order chi connectivity index (χ1) is 7.58. The van der Waals surface area contributed by atoms with E-state index in [-0.39, 0.29) is 24.8 Å².